The van der Waals surface area contributed by atoms with E-state index in [4.69, 9.17) is 10.2 Å². The van der Waals surface area contributed by atoms with Gasteiger partial charge in [-0.1, -0.05) is 12.1 Å². The Morgan fingerprint density at radius 1 is 1.21 bits per heavy atom. The summed E-state index contributed by atoms with van der Waals surface area (Å²) in [5.41, 5.74) is 8.19. The standard InChI is InChI=1S/C14H11BrN2OS/c15-10-7-9(16)5-6-13(10)19-8-14-17-11-3-1-2-4-12(11)18-14/h1-7H,8,16H2. The lowest BCUT2D eigenvalue weighted by molar-refractivity contribution is 0.556. The van der Waals surface area contributed by atoms with Crippen molar-refractivity contribution in [2.45, 2.75) is 10.6 Å². The van der Waals surface area contributed by atoms with Crippen molar-refractivity contribution in [3.8, 4) is 0 Å². The number of nitrogens with two attached hydrogens (primary N) is 1. The first-order valence-corrected chi connectivity index (χ1v) is 7.52. The van der Waals surface area contributed by atoms with Crippen molar-refractivity contribution in [3.05, 3.63) is 52.8 Å². The molecule has 0 aliphatic heterocycles. The number of halogens is 1. The lowest BCUT2D eigenvalue weighted by atomic mass is 10.3. The smallest absolute Gasteiger partial charge is 0.205 e. The van der Waals surface area contributed by atoms with Gasteiger partial charge >= 0.3 is 0 Å². The second-order valence-electron chi connectivity index (χ2n) is 4.05. The Kier molecular flexibility index (Phi) is 3.48. The van der Waals surface area contributed by atoms with Gasteiger partial charge in [0.25, 0.3) is 0 Å². The summed E-state index contributed by atoms with van der Waals surface area (Å²) >= 11 is 5.17. The minimum absolute atomic E-state index is 0.692. The fourth-order valence-corrected chi connectivity index (χ4v) is 3.26. The van der Waals surface area contributed by atoms with Crippen LogP contribution in [0.4, 0.5) is 5.69 Å². The molecule has 1 heterocycles. The summed E-state index contributed by atoms with van der Waals surface area (Å²) < 4.78 is 6.68. The molecular weight excluding hydrogens is 324 g/mol. The maximum atomic E-state index is 5.72. The summed E-state index contributed by atoms with van der Waals surface area (Å²) in [6.07, 6.45) is 0. The van der Waals surface area contributed by atoms with Gasteiger partial charge in [-0.2, -0.15) is 0 Å². The van der Waals surface area contributed by atoms with Crippen LogP contribution in [0.1, 0.15) is 5.89 Å². The van der Waals surface area contributed by atoms with Crippen molar-refractivity contribution in [1.82, 2.24) is 4.98 Å². The molecule has 2 aromatic carbocycles. The molecular formula is C14H11BrN2OS. The summed E-state index contributed by atoms with van der Waals surface area (Å²) in [5, 5.41) is 0. The zero-order valence-corrected chi connectivity index (χ0v) is 12.4. The molecule has 3 rings (SSSR count). The highest BCUT2D eigenvalue weighted by molar-refractivity contribution is 9.10. The number of para-hydroxylation sites is 2. The number of oxazole rings is 1. The predicted octanol–water partition coefficient (Wildman–Crippen LogP) is 4.46. The highest BCUT2D eigenvalue weighted by Crippen LogP contribution is 2.31. The lowest BCUT2D eigenvalue weighted by Crippen LogP contribution is -1.86. The molecule has 2 N–H and O–H groups in total. The first kappa shape index (κ1) is 12.6. The van der Waals surface area contributed by atoms with E-state index >= 15 is 0 Å². The Morgan fingerprint density at radius 3 is 2.84 bits per heavy atom. The quantitative estimate of drug-likeness (QED) is 0.567. The van der Waals surface area contributed by atoms with Gasteiger partial charge in [-0.25, -0.2) is 4.98 Å². The SMILES string of the molecule is Nc1ccc(SCc2nc3ccccc3o2)c(Br)c1. The molecule has 0 saturated carbocycles. The number of hydrogen-bond donors (Lipinski definition) is 1. The first-order chi connectivity index (χ1) is 9.22. The monoisotopic (exact) mass is 334 g/mol. The Balaban J connectivity index is 1.78. The Hall–Kier alpha value is -1.46. The molecule has 0 saturated heterocycles. The normalized spacial score (nSPS) is 11.0. The average molecular weight is 335 g/mol. The van der Waals surface area contributed by atoms with Crippen LogP contribution in [0.25, 0.3) is 11.1 Å². The van der Waals surface area contributed by atoms with Crippen LogP contribution < -0.4 is 5.73 Å². The molecule has 0 spiro atoms. The van der Waals surface area contributed by atoms with E-state index in [0.717, 1.165) is 32.0 Å². The van der Waals surface area contributed by atoms with Crippen LogP contribution in [0.2, 0.25) is 0 Å². The van der Waals surface area contributed by atoms with E-state index in [-0.39, 0.29) is 0 Å². The van der Waals surface area contributed by atoms with Crippen molar-refractivity contribution in [2.75, 3.05) is 5.73 Å². The van der Waals surface area contributed by atoms with Gasteiger partial charge in [0.2, 0.25) is 5.89 Å². The van der Waals surface area contributed by atoms with Crippen molar-refractivity contribution < 1.29 is 4.42 Å². The second kappa shape index (κ2) is 5.27. The number of nitrogen functional groups attached to an aromatic ring is 1. The van der Waals surface area contributed by atoms with E-state index < -0.39 is 0 Å². The van der Waals surface area contributed by atoms with E-state index in [1.165, 1.54) is 0 Å². The van der Waals surface area contributed by atoms with Gasteiger partial charge in [-0.3, -0.25) is 0 Å². The number of hydrogen-bond acceptors (Lipinski definition) is 4. The molecule has 3 aromatic rings. The first-order valence-electron chi connectivity index (χ1n) is 5.74. The van der Waals surface area contributed by atoms with Crippen LogP contribution in [-0.4, -0.2) is 4.98 Å². The average Bonchev–Trinajstić information content (AvgIpc) is 2.80. The summed E-state index contributed by atoms with van der Waals surface area (Å²) in [6.45, 7) is 0. The Labute approximate surface area is 123 Å². The topological polar surface area (TPSA) is 52.0 Å². The molecule has 5 heteroatoms. The van der Waals surface area contributed by atoms with Crippen molar-refractivity contribution in [1.29, 1.82) is 0 Å². The molecule has 0 aliphatic rings. The number of thioether (sulfide) groups is 1. The van der Waals surface area contributed by atoms with Gasteiger partial charge in [0, 0.05) is 15.1 Å². The third-order valence-electron chi connectivity index (χ3n) is 2.65. The van der Waals surface area contributed by atoms with E-state index in [9.17, 15) is 0 Å². The molecule has 0 atom stereocenters. The number of nitrogens with zero attached hydrogens (tertiary/aromatic N) is 1. The third kappa shape index (κ3) is 2.77. The van der Waals surface area contributed by atoms with Crippen LogP contribution in [-0.2, 0) is 5.75 Å². The molecule has 0 amide bonds. The van der Waals surface area contributed by atoms with Crippen LogP contribution in [0, 0.1) is 0 Å². The summed E-state index contributed by atoms with van der Waals surface area (Å²) in [5.74, 6) is 1.42. The van der Waals surface area contributed by atoms with Crippen molar-refractivity contribution in [2.24, 2.45) is 0 Å². The fraction of sp³-hybridized carbons (Fsp3) is 0.0714. The van der Waals surface area contributed by atoms with E-state index in [1.54, 1.807) is 11.8 Å². The molecule has 3 nitrogen and oxygen atoms in total. The molecule has 19 heavy (non-hydrogen) atoms. The van der Waals surface area contributed by atoms with Gasteiger partial charge in [0.1, 0.15) is 5.52 Å². The highest BCUT2D eigenvalue weighted by Gasteiger charge is 2.07. The number of rotatable bonds is 3. The van der Waals surface area contributed by atoms with Gasteiger partial charge in [0.05, 0.1) is 5.75 Å². The number of benzene rings is 2. The third-order valence-corrected chi connectivity index (χ3v) is 4.62. The molecule has 0 unspecified atom stereocenters. The van der Waals surface area contributed by atoms with E-state index in [2.05, 4.69) is 20.9 Å². The Morgan fingerprint density at radius 2 is 2.05 bits per heavy atom. The van der Waals surface area contributed by atoms with Gasteiger partial charge < -0.3 is 10.2 Å². The molecule has 0 aliphatic carbocycles. The molecule has 0 bridgehead atoms. The maximum Gasteiger partial charge on any atom is 0.205 e. The summed E-state index contributed by atoms with van der Waals surface area (Å²) in [6, 6.07) is 13.6. The summed E-state index contributed by atoms with van der Waals surface area (Å²) in [4.78, 5) is 5.57. The number of fused-ring (bicyclic) bond motifs is 1. The molecule has 96 valence electrons. The van der Waals surface area contributed by atoms with Crippen LogP contribution in [0.5, 0.6) is 0 Å². The molecule has 0 radical (unpaired) electrons. The number of anilines is 1. The van der Waals surface area contributed by atoms with Crippen molar-refractivity contribution in [3.63, 3.8) is 0 Å². The zero-order chi connectivity index (χ0) is 13.2. The predicted molar refractivity (Wildman–Crippen MR) is 82.1 cm³/mol. The van der Waals surface area contributed by atoms with Gasteiger partial charge in [0.15, 0.2) is 5.58 Å². The maximum absolute atomic E-state index is 5.72. The van der Waals surface area contributed by atoms with Crippen LogP contribution >= 0.6 is 27.7 Å². The van der Waals surface area contributed by atoms with Crippen molar-refractivity contribution >= 4 is 44.5 Å². The summed E-state index contributed by atoms with van der Waals surface area (Å²) in [7, 11) is 0. The number of aromatic nitrogens is 1. The van der Waals surface area contributed by atoms with Crippen LogP contribution in [0.3, 0.4) is 0 Å². The van der Waals surface area contributed by atoms with Gasteiger partial charge in [-0.15, -0.1) is 11.8 Å². The highest BCUT2D eigenvalue weighted by atomic mass is 79.9. The fourth-order valence-electron chi connectivity index (χ4n) is 1.76. The molecule has 1 aromatic heterocycles. The minimum Gasteiger partial charge on any atom is -0.440 e. The van der Waals surface area contributed by atoms with E-state index in [1.807, 2.05) is 42.5 Å². The van der Waals surface area contributed by atoms with E-state index in [0.29, 0.717) is 5.75 Å². The van der Waals surface area contributed by atoms with Crippen LogP contribution in [0.15, 0.2) is 56.2 Å². The largest absolute Gasteiger partial charge is 0.440 e. The molecule has 0 fully saturated rings. The Bertz CT molecular complexity index is 693. The lowest BCUT2D eigenvalue weighted by Gasteiger charge is -2.03. The zero-order valence-electron chi connectivity index (χ0n) is 9.97. The second-order valence-corrected chi connectivity index (χ2v) is 5.93. The van der Waals surface area contributed by atoms with Gasteiger partial charge in [-0.05, 0) is 46.3 Å². The minimum atomic E-state index is 0.692.